The zero-order chi connectivity index (χ0) is 25.3. The predicted molar refractivity (Wildman–Crippen MR) is 147 cm³/mol. The summed E-state index contributed by atoms with van der Waals surface area (Å²) in [4.78, 5) is 16.3. The molecule has 2 aromatic heterocycles. The van der Waals surface area contributed by atoms with Gasteiger partial charge in [0.1, 0.15) is 0 Å². The van der Waals surface area contributed by atoms with Gasteiger partial charge in [-0.3, -0.25) is 4.79 Å². The Bertz CT molecular complexity index is 1710. The fraction of sp³-hybridized carbons (Fsp3) is 0.233. The van der Waals surface area contributed by atoms with Crippen LogP contribution >= 0.6 is 0 Å². The van der Waals surface area contributed by atoms with Gasteiger partial charge in [0.2, 0.25) is 0 Å². The molecule has 0 bridgehead atoms. The number of fused-ring (bicyclic) bond motifs is 2. The van der Waals surface area contributed by atoms with Crippen molar-refractivity contribution in [1.29, 1.82) is 0 Å². The van der Waals surface area contributed by atoms with Gasteiger partial charge in [-0.1, -0.05) is 68.1 Å². The van der Waals surface area contributed by atoms with Crippen molar-refractivity contribution in [2.75, 3.05) is 0 Å². The van der Waals surface area contributed by atoms with E-state index in [1.165, 1.54) is 16.8 Å². The number of unbranched alkanes of at least 4 members (excludes halogenated alkanes) is 3. The summed E-state index contributed by atoms with van der Waals surface area (Å²) in [7, 11) is -3.72. The summed E-state index contributed by atoms with van der Waals surface area (Å²) in [6.07, 6.45) is 7.00. The second kappa shape index (κ2) is 9.78. The first-order chi connectivity index (χ1) is 17.4. The maximum absolute atomic E-state index is 13.3. The van der Waals surface area contributed by atoms with Crippen molar-refractivity contribution in [2.24, 2.45) is 0 Å². The molecule has 0 saturated heterocycles. The number of nitrogens with one attached hydrogen (secondary N) is 1. The molecule has 5 aromatic rings. The van der Waals surface area contributed by atoms with Crippen molar-refractivity contribution < 1.29 is 8.42 Å². The minimum Gasteiger partial charge on any atom is -0.321 e. The fourth-order valence-corrected chi connectivity index (χ4v) is 6.23. The molecular weight excluding hydrogens is 468 g/mol. The highest BCUT2D eigenvalue weighted by Crippen LogP contribution is 2.31. The van der Waals surface area contributed by atoms with E-state index in [0.29, 0.717) is 10.9 Å². The minimum absolute atomic E-state index is 0.113. The third-order valence-corrected chi connectivity index (χ3v) is 8.54. The molecule has 3 aromatic carbocycles. The second-order valence-corrected chi connectivity index (χ2v) is 11.2. The summed E-state index contributed by atoms with van der Waals surface area (Å²) in [6, 6.07) is 22.1. The van der Waals surface area contributed by atoms with Crippen LogP contribution in [-0.4, -0.2) is 17.4 Å². The average Bonchev–Trinajstić information content (AvgIpc) is 3.32. The molecule has 0 radical (unpaired) electrons. The SMILES string of the molecule is CCCCCCc1c(-c2ccc3c(ccn3S(=O)(=O)c3ccc(C)cc3)c2)[nH]c(=O)c2ccccc12. The third-order valence-electron chi connectivity index (χ3n) is 6.84. The van der Waals surface area contributed by atoms with Crippen LogP contribution < -0.4 is 5.56 Å². The molecule has 184 valence electrons. The minimum atomic E-state index is -3.72. The molecule has 0 amide bonds. The number of pyridine rings is 1. The lowest BCUT2D eigenvalue weighted by Gasteiger charge is -2.14. The molecule has 0 aliphatic carbocycles. The predicted octanol–water partition coefficient (Wildman–Crippen LogP) is 6.82. The van der Waals surface area contributed by atoms with Gasteiger partial charge in [0, 0.05) is 17.0 Å². The zero-order valence-electron chi connectivity index (χ0n) is 20.6. The molecule has 2 heterocycles. The van der Waals surface area contributed by atoms with Crippen LogP contribution in [0.5, 0.6) is 0 Å². The molecule has 6 heteroatoms. The van der Waals surface area contributed by atoms with E-state index in [-0.39, 0.29) is 10.5 Å². The number of hydrogen-bond acceptors (Lipinski definition) is 3. The molecule has 36 heavy (non-hydrogen) atoms. The second-order valence-electron chi connectivity index (χ2n) is 9.37. The van der Waals surface area contributed by atoms with Gasteiger partial charge in [-0.05, 0) is 72.7 Å². The topological polar surface area (TPSA) is 71.9 Å². The quantitative estimate of drug-likeness (QED) is 0.239. The number of aromatic amines is 1. The van der Waals surface area contributed by atoms with Gasteiger partial charge in [0.25, 0.3) is 15.6 Å². The lowest BCUT2D eigenvalue weighted by atomic mass is 9.95. The molecule has 5 nitrogen and oxygen atoms in total. The maximum Gasteiger partial charge on any atom is 0.268 e. The Morgan fingerprint density at radius 3 is 2.36 bits per heavy atom. The number of aryl methyl sites for hydroxylation is 2. The van der Waals surface area contributed by atoms with E-state index in [0.717, 1.165) is 52.4 Å². The largest absolute Gasteiger partial charge is 0.321 e. The molecule has 0 aliphatic heterocycles. The Morgan fingerprint density at radius 2 is 1.61 bits per heavy atom. The zero-order valence-corrected chi connectivity index (χ0v) is 21.4. The highest BCUT2D eigenvalue weighted by atomic mass is 32.2. The van der Waals surface area contributed by atoms with Crippen molar-refractivity contribution in [2.45, 2.75) is 50.8 Å². The molecule has 0 unspecified atom stereocenters. The average molecular weight is 499 g/mol. The molecule has 0 spiro atoms. The van der Waals surface area contributed by atoms with Gasteiger partial charge in [0.15, 0.2) is 0 Å². The summed E-state index contributed by atoms with van der Waals surface area (Å²) in [5, 5.41) is 2.48. The van der Waals surface area contributed by atoms with Crippen molar-refractivity contribution in [1.82, 2.24) is 8.96 Å². The lowest BCUT2D eigenvalue weighted by Crippen LogP contribution is -2.12. The van der Waals surface area contributed by atoms with Crippen molar-refractivity contribution in [3.05, 3.63) is 100 Å². The number of H-pyrrole nitrogens is 1. The van der Waals surface area contributed by atoms with E-state index in [1.807, 2.05) is 55.5 Å². The Kier molecular flexibility index (Phi) is 6.54. The monoisotopic (exact) mass is 498 g/mol. The summed E-state index contributed by atoms with van der Waals surface area (Å²) in [5.74, 6) is 0. The van der Waals surface area contributed by atoms with Gasteiger partial charge in [-0.2, -0.15) is 0 Å². The number of rotatable bonds is 8. The van der Waals surface area contributed by atoms with E-state index in [1.54, 1.807) is 30.5 Å². The van der Waals surface area contributed by atoms with E-state index in [9.17, 15) is 13.2 Å². The van der Waals surface area contributed by atoms with Crippen LogP contribution in [0.15, 0.2) is 88.7 Å². The van der Waals surface area contributed by atoms with Crippen LogP contribution in [0.4, 0.5) is 0 Å². The van der Waals surface area contributed by atoms with Crippen LogP contribution in [-0.2, 0) is 16.4 Å². The smallest absolute Gasteiger partial charge is 0.268 e. The van der Waals surface area contributed by atoms with Gasteiger partial charge in [0.05, 0.1) is 16.1 Å². The van der Waals surface area contributed by atoms with E-state index in [2.05, 4.69) is 11.9 Å². The molecule has 0 fully saturated rings. The molecule has 5 rings (SSSR count). The molecular formula is C30H30N2O3S. The van der Waals surface area contributed by atoms with Crippen LogP contribution in [0.25, 0.3) is 32.9 Å². The van der Waals surface area contributed by atoms with Gasteiger partial charge < -0.3 is 4.98 Å². The van der Waals surface area contributed by atoms with E-state index >= 15 is 0 Å². The number of benzene rings is 3. The summed E-state index contributed by atoms with van der Waals surface area (Å²) >= 11 is 0. The van der Waals surface area contributed by atoms with Gasteiger partial charge in [-0.25, -0.2) is 12.4 Å². The first kappa shape index (κ1) is 24.1. The first-order valence-corrected chi connectivity index (χ1v) is 13.9. The Balaban J connectivity index is 1.61. The highest BCUT2D eigenvalue weighted by molar-refractivity contribution is 7.90. The molecule has 1 N–H and O–H groups in total. The third kappa shape index (κ3) is 4.37. The lowest BCUT2D eigenvalue weighted by molar-refractivity contribution is 0.589. The van der Waals surface area contributed by atoms with E-state index in [4.69, 9.17) is 0 Å². The van der Waals surface area contributed by atoms with E-state index < -0.39 is 10.0 Å². The molecule has 0 aliphatic rings. The van der Waals surface area contributed by atoms with Crippen LogP contribution in [0, 0.1) is 6.92 Å². The van der Waals surface area contributed by atoms with Gasteiger partial charge in [-0.15, -0.1) is 0 Å². The summed E-state index contributed by atoms with van der Waals surface area (Å²) < 4.78 is 27.9. The summed E-state index contributed by atoms with van der Waals surface area (Å²) in [5.41, 5.74) is 4.32. The highest BCUT2D eigenvalue weighted by Gasteiger charge is 2.20. The standard InChI is InChI=1S/C30H30N2O3S/c1-3-4-5-6-10-26-25-9-7-8-11-27(25)30(33)31-29(26)23-14-17-28-22(20-23)18-19-32(28)36(34,35)24-15-12-21(2)13-16-24/h7-9,11-20H,3-6,10H2,1-2H3,(H,31,33). The number of nitrogens with zero attached hydrogens (tertiary/aromatic N) is 1. The number of aromatic nitrogens is 2. The van der Waals surface area contributed by atoms with Crippen LogP contribution in [0.2, 0.25) is 0 Å². The normalized spacial score (nSPS) is 11.9. The molecule has 0 atom stereocenters. The maximum atomic E-state index is 13.3. The van der Waals surface area contributed by atoms with Crippen LogP contribution in [0.3, 0.4) is 0 Å². The Hall–Kier alpha value is -3.64. The fourth-order valence-electron chi connectivity index (χ4n) is 4.88. The molecule has 0 saturated carbocycles. The van der Waals surface area contributed by atoms with Crippen molar-refractivity contribution >= 4 is 31.7 Å². The Labute approximate surface area is 211 Å². The summed E-state index contributed by atoms with van der Waals surface area (Å²) in [6.45, 7) is 4.12. The van der Waals surface area contributed by atoms with Crippen molar-refractivity contribution in [3.63, 3.8) is 0 Å². The number of hydrogen-bond donors (Lipinski definition) is 1. The van der Waals surface area contributed by atoms with Crippen molar-refractivity contribution in [3.8, 4) is 11.3 Å². The van der Waals surface area contributed by atoms with Crippen LogP contribution in [0.1, 0.15) is 43.7 Å². The van der Waals surface area contributed by atoms with Gasteiger partial charge >= 0.3 is 0 Å². The Morgan fingerprint density at radius 1 is 0.861 bits per heavy atom. The first-order valence-electron chi connectivity index (χ1n) is 12.5.